The fraction of sp³-hybridized carbons (Fsp3) is 0.333. The Hall–Kier alpha value is -1.88. The van der Waals surface area contributed by atoms with Crippen molar-refractivity contribution in [1.29, 1.82) is 0 Å². The van der Waals surface area contributed by atoms with Gasteiger partial charge in [-0.05, 0) is 31.0 Å². The van der Waals surface area contributed by atoms with Gasteiger partial charge in [-0.3, -0.25) is 4.79 Å². The number of carbonyl (C=O) groups is 2. The fourth-order valence-corrected chi connectivity index (χ4v) is 1.37. The molecule has 0 spiro atoms. The van der Waals surface area contributed by atoms with Crippen molar-refractivity contribution in [2.45, 2.75) is 20.0 Å². The molecule has 1 aromatic rings. The van der Waals surface area contributed by atoms with Crippen LogP contribution in [0, 0.1) is 13.8 Å². The van der Waals surface area contributed by atoms with Crippen LogP contribution in [0.1, 0.15) is 21.5 Å². The number of hydrogen-bond donors (Lipinski definition) is 3. The summed E-state index contributed by atoms with van der Waals surface area (Å²) >= 11 is 0. The van der Waals surface area contributed by atoms with Gasteiger partial charge in [0.2, 0.25) is 0 Å². The van der Waals surface area contributed by atoms with Crippen molar-refractivity contribution in [3.05, 3.63) is 34.9 Å². The van der Waals surface area contributed by atoms with Crippen molar-refractivity contribution in [2.24, 2.45) is 0 Å². The van der Waals surface area contributed by atoms with Gasteiger partial charge in [-0.1, -0.05) is 12.1 Å². The SMILES string of the molecule is Cc1cccc(C(=O)NCC(O)C(=O)O)c1C. The fourth-order valence-electron chi connectivity index (χ4n) is 1.37. The van der Waals surface area contributed by atoms with E-state index in [4.69, 9.17) is 10.2 Å². The first-order valence-corrected chi connectivity index (χ1v) is 5.18. The summed E-state index contributed by atoms with van der Waals surface area (Å²) in [7, 11) is 0. The Balaban J connectivity index is 2.71. The van der Waals surface area contributed by atoms with Gasteiger partial charge in [-0.25, -0.2) is 4.79 Å². The number of amides is 1. The van der Waals surface area contributed by atoms with Crippen LogP contribution in [0.5, 0.6) is 0 Å². The van der Waals surface area contributed by atoms with Gasteiger partial charge in [-0.2, -0.15) is 0 Å². The number of hydrogen-bond acceptors (Lipinski definition) is 3. The van der Waals surface area contributed by atoms with Crippen LogP contribution in [-0.2, 0) is 4.79 Å². The zero-order valence-electron chi connectivity index (χ0n) is 9.73. The molecule has 0 saturated carbocycles. The molecule has 1 unspecified atom stereocenters. The van der Waals surface area contributed by atoms with Crippen molar-refractivity contribution in [3.63, 3.8) is 0 Å². The Labute approximate surface area is 99.1 Å². The molecular weight excluding hydrogens is 222 g/mol. The summed E-state index contributed by atoms with van der Waals surface area (Å²) < 4.78 is 0. The van der Waals surface area contributed by atoms with Crippen LogP contribution in [0.3, 0.4) is 0 Å². The molecule has 0 bridgehead atoms. The van der Waals surface area contributed by atoms with E-state index in [1.165, 1.54) is 0 Å². The summed E-state index contributed by atoms with van der Waals surface area (Å²) in [4.78, 5) is 22.1. The second-order valence-electron chi connectivity index (χ2n) is 3.81. The summed E-state index contributed by atoms with van der Waals surface area (Å²) in [5.74, 6) is -1.74. The molecule has 0 aliphatic heterocycles. The van der Waals surface area contributed by atoms with Gasteiger partial charge in [0, 0.05) is 5.56 Å². The molecular formula is C12H15NO4. The molecule has 3 N–H and O–H groups in total. The molecule has 1 aromatic carbocycles. The molecule has 92 valence electrons. The van der Waals surface area contributed by atoms with Gasteiger partial charge in [0.05, 0.1) is 6.54 Å². The first-order chi connectivity index (χ1) is 7.93. The quantitative estimate of drug-likeness (QED) is 0.710. The largest absolute Gasteiger partial charge is 0.479 e. The van der Waals surface area contributed by atoms with Gasteiger partial charge in [0.1, 0.15) is 0 Å². The summed E-state index contributed by atoms with van der Waals surface area (Å²) in [5.41, 5.74) is 2.31. The highest BCUT2D eigenvalue weighted by Gasteiger charge is 2.16. The van der Waals surface area contributed by atoms with Gasteiger partial charge >= 0.3 is 5.97 Å². The predicted molar refractivity (Wildman–Crippen MR) is 61.9 cm³/mol. The maximum atomic E-state index is 11.7. The lowest BCUT2D eigenvalue weighted by Crippen LogP contribution is -2.36. The topological polar surface area (TPSA) is 86.6 Å². The lowest BCUT2D eigenvalue weighted by atomic mass is 10.0. The molecule has 5 heteroatoms. The van der Waals surface area contributed by atoms with Crippen molar-refractivity contribution in [3.8, 4) is 0 Å². The van der Waals surface area contributed by atoms with E-state index in [9.17, 15) is 9.59 Å². The monoisotopic (exact) mass is 237 g/mol. The van der Waals surface area contributed by atoms with E-state index < -0.39 is 12.1 Å². The van der Waals surface area contributed by atoms with E-state index in [1.54, 1.807) is 12.1 Å². The summed E-state index contributed by atoms with van der Waals surface area (Å²) in [6.45, 7) is 3.40. The van der Waals surface area contributed by atoms with Crippen molar-refractivity contribution in [2.75, 3.05) is 6.54 Å². The molecule has 17 heavy (non-hydrogen) atoms. The van der Waals surface area contributed by atoms with E-state index in [1.807, 2.05) is 19.9 Å². The molecule has 0 aromatic heterocycles. The smallest absolute Gasteiger partial charge is 0.334 e. The minimum Gasteiger partial charge on any atom is -0.479 e. The van der Waals surface area contributed by atoms with Gasteiger partial charge in [0.15, 0.2) is 6.10 Å². The maximum Gasteiger partial charge on any atom is 0.334 e. The van der Waals surface area contributed by atoms with Crippen LogP contribution in [0.2, 0.25) is 0 Å². The number of benzene rings is 1. The highest BCUT2D eigenvalue weighted by molar-refractivity contribution is 5.96. The Morgan fingerprint density at radius 2 is 2.00 bits per heavy atom. The molecule has 0 saturated heterocycles. The minimum absolute atomic E-state index is 0.304. The molecule has 0 aliphatic carbocycles. The average Bonchev–Trinajstić information content (AvgIpc) is 2.29. The number of carbonyl (C=O) groups excluding carboxylic acids is 1. The molecule has 5 nitrogen and oxygen atoms in total. The summed E-state index contributed by atoms with van der Waals surface area (Å²) in [6, 6.07) is 5.30. The van der Waals surface area contributed by atoms with Crippen LogP contribution in [0.4, 0.5) is 0 Å². The van der Waals surface area contributed by atoms with Crippen LogP contribution in [0.25, 0.3) is 0 Å². The van der Waals surface area contributed by atoms with E-state index in [-0.39, 0.29) is 12.5 Å². The number of aliphatic carboxylic acids is 1. The zero-order valence-corrected chi connectivity index (χ0v) is 9.73. The normalized spacial score (nSPS) is 11.9. The molecule has 0 radical (unpaired) electrons. The zero-order chi connectivity index (χ0) is 13.0. The maximum absolute atomic E-state index is 11.7. The molecule has 1 atom stereocenters. The number of aryl methyl sites for hydroxylation is 1. The lowest BCUT2D eigenvalue weighted by molar-refractivity contribution is -0.146. The van der Waals surface area contributed by atoms with Gasteiger partial charge in [0.25, 0.3) is 5.91 Å². The first-order valence-electron chi connectivity index (χ1n) is 5.18. The number of aliphatic hydroxyl groups is 1. The highest BCUT2D eigenvalue weighted by Crippen LogP contribution is 2.12. The Bertz CT molecular complexity index is 442. The third kappa shape index (κ3) is 3.29. The number of nitrogens with one attached hydrogen (secondary N) is 1. The third-order valence-electron chi connectivity index (χ3n) is 2.59. The first kappa shape index (κ1) is 13.2. The molecule has 1 amide bonds. The van der Waals surface area contributed by atoms with Gasteiger partial charge in [-0.15, -0.1) is 0 Å². The second-order valence-corrected chi connectivity index (χ2v) is 3.81. The summed E-state index contributed by atoms with van der Waals surface area (Å²) in [6.07, 6.45) is -1.58. The Morgan fingerprint density at radius 3 is 2.59 bits per heavy atom. The predicted octanol–water partition coefficient (Wildman–Crippen LogP) is 0.479. The van der Waals surface area contributed by atoms with Crippen LogP contribution >= 0.6 is 0 Å². The standard InChI is InChI=1S/C12H15NO4/c1-7-4-3-5-9(8(7)2)11(15)13-6-10(14)12(16)17/h3-5,10,14H,6H2,1-2H3,(H,13,15)(H,16,17). The number of carboxylic acid groups (broad SMARTS) is 1. The van der Waals surface area contributed by atoms with E-state index >= 15 is 0 Å². The third-order valence-corrected chi connectivity index (χ3v) is 2.59. The van der Waals surface area contributed by atoms with Gasteiger partial charge < -0.3 is 15.5 Å². The minimum atomic E-state index is -1.58. The lowest BCUT2D eigenvalue weighted by Gasteiger charge is -2.10. The molecule has 0 aliphatic rings. The Morgan fingerprint density at radius 1 is 1.35 bits per heavy atom. The highest BCUT2D eigenvalue weighted by atomic mass is 16.4. The Kier molecular flexibility index (Phi) is 4.23. The molecule has 0 fully saturated rings. The van der Waals surface area contributed by atoms with Crippen molar-refractivity contribution < 1.29 is 19.8 Å². The van der Waals surface area contributed by atoms with Crippen molar-refractivity contribution in [1.82, 2.24) is 5.32 Å². The van der Waals surface area contributed by atoms with E-state index in [0.29, 0.717) is 5.56 Å². The van der Waals surface area contributed by atoms with E-state index in [0.717, 1.165) is 11.1 Å². The van der Waals surface area contributed by atoms with Crippen LogP contribution in [0.15, 0.2) is 18.2 Å². The summed E-state index contributed by atoms with van der Waals surface area (Å²) in [5, 5.41) is 19.9. The number of aliphatic hydroxyl groups excluding tert-OH is 1. The van der Waals surface area contributed by atoms with Crippen LogP contribution < -0.4 is 5.32 Å². The number of carboxylic acids is 1. The molecule has 1 rings (SSSR count). The van der Waals surface area contributed by atoms with Crippen LogP contribution in [-0.4, -0.2) is 34.7 Å². The average molecular weight is 237 g/mol. The van der Waals surface area contributed by atoms with E-state index in [2.05, 4.69) is 5.32 Å². The number of rotatable bonds is 4. The second kappa shape index (κ2) is 5.45. The van der Waals surface area contributed by atoms with Crippen molar-refractivity contribution >= 4 is 11.9 Å². The molecule has 0 heterocycles.